The molecule has 1 saturated heterocycles. The smallest absolute Gasteiger partial charge is 0.220 e. The van der Waals surface area contributed by atoms with E-state index in [0.717, 1.165) is 23.4 Å². The van der Waals surface area contributed by atoms with Crippen LogP contribution in [0.3, 0.4) is 0 Å². The van der Waals surface area contributed by atoms with E-state index in [1.54, 1.807) is 0 Å². The summed E-state index contributed by atoms with van der Waals surface area (Å²) in [6.45, 7) is 3.90. The van der Waals surface area contributed by atoms with Crippen molar-refractivity contribution < 1.29 is 9.53 Å². The summed E-state index contributed by atoms with van der Waals surface area (Å²) in [6, 6.07) is 7.94. The van der Waals surface area contributed by atoms with Crippen molar-refractivity contribution in [3.05, 3.63) is 34.9 Å². The first-order valence-corrected chi connectivity index (χ1v) is 8.26. The Morgan fingerprint density at radius 2 is 2.09 bits per heavy atom. The van der Waals surface area contributed by atoms with Crippen molar-refractivity contribution in [1.82, 2.24) is 5.32 Å². The van der Waals surface area contributed by atoms with Crippen LogP contribution in [0.5, 0.6) is 0 Å². The van der Waals surface area contributed by atoms with Gasteiger partial charge in [0, 0.05) is 42.7 Å². The minimum atomic E-state index is -0.138. The van der Waals surface area contributed by atoms with Gasteiger partial charge in [0.25, 0.3) is 0 Å². The molecule has 0 radical (unpaired) electrons. The highest BCUT2D eigenvalue weighted by molar-refractivity contribution is 6.31. The van der Waals surface area contributed by atoms with Crippen LogP contribution in [0.4, 0.5) is 0 Å². The Bertz CT molecular complexity index is 499. The number of carbonyl (C=O) groups excluding carboxylic acids is 1. The van der Waals surface area contributed by atoms with Crippen molar-refractivity contribution >= 4 is 17.5 Å². The summed E-state index contributed by atoms with van der Waals surface area (Å²) in [5, 5.41) is 3.82. The van der Waals surface area contributed by atoms with Gasteiger partial charge < -0.3 is 15.8 Å². The van der Waals surface area contributed by atoms with Crippen molar-refractivity contribution in [3.8, 4) is 0 Å². The Morgan fingerprint density at radius 3 is 2.73 bits per heavy atom. The van der Waals surface area contributed by atoms with Crippen molar-refractivity contribution in [2.75, 3.05) is 19.8 Å². The fourth-order valence-electron chi connectivity index (χ4n) is 2.91. The molecule has 1 aromatic carbocycles. The standard InChI is InChI=1S/C17H25ClN2O2/c1-13(19)6-7-16(21)20-12-17(8-10-22-11-9-17)14-4-2-3-5-15(14)18/h2-5,13H,6-12,19H2,1H3,(H,20,21). The lowest BCUT2D eigenvalue weighted by molar-refractivity contribution is -0.121. The minimum Gasteiger partial charge on any atom is -0.381 e. The first kappa shape index (κ1) is 17.3. The lowest BCUT2D eigenvalue weighted by atomic mass is 9.74. The third-order valence-corrected chi connectivity index (χ3v) is 4.68. The summed E-state index contributed by atoms with van der Waals surface area (Å²) in [5.74, 6) is 0.0511. The Morgan fingerprint density at radius 1 is 1.41 bits per heavy atom. The maximum absolute atomic E-state index is 12.0. The summed E-state index contributed by atoms with van der Waals surface area (Å²) in [7, 11) is 0. The van der Waals surface area contributed by atoms with E-state index in [2.05, 4.69) is 11.4 Å². The maximum Gasteiger partial charge on any atom is 0.220 e. The molecule has 3 N–H and O–H groups in total. The average Bonchev–Trinajstić information content (AvgIpc) is 2.52. The first-order chi connectivity index (χ1) is 10.5. The SMILES string of the molecule is CC(N)CCC(=O)NCC1(c2ccccc2Cl)CCOCC1. The zero-order valence-corrected chi connectivity index (χ0v) is 13.9. The highest BCUT2D eigenvalue weighted by Gasteiger charge is 2.36. The molecule has 0 bridgehead atoms. The Balaban J connectivity index is 2.07. The molecule has 1 atom stereocenters. The lowest BCUT2D eigenvalue weighted by Crippen LogP contribution is -2.45. The zero-order valence-electron chi connectivity index (χ0n) is 13.1. The van der Waals surface area contributed by atoms with Crippen LogP contribution in [0.2, 0.25) is 5.02 Å². The van der Waals surface area contributed by atoms with Crippen LogP contribution in [0, 0.1) is 0 Å². The Kier molecular flexibility index (Phi) is 6.24. The Hall–Kier alpha value is -1.10. The largest absolute Gasteiger partial charge is 0.381 e. The predicted molar refractivity (Wildman–Crippen MR) is 89.1 cm³/mol. The van der Waals surface area contributed by atoms with Gasteiger partial charge in [-0.3, -0.25) is 4.79 Å². The van der Waals surface area contributed by atoms with Gasteiger partial charge in [-0.25, -0.2) is 0 Å². The molecule has 0 aliphatic carbocycles. The molecule has 0 spiro atoms. The van der Waals surface area contributed by atoms with E-state index in [9.17, 15) is 4.79 Å². The number of hydrogen-bond donors (Lipinski definition) is 2. The molecule has 1 aromatic rings. The third-order valence-electron chi connectivity index (χ3n) is 4.35. The van der Waals surface area contributed by atoms with Crippen LogP contribution in [0.25, 0.3) is 0 Å². The van der Waals surface area contributed by atoms with Gasteiger partial charge in [0.2, 0.25) is 5.91 Å². The normalized spacial score (nSPS) is 18.7. The van der Waals surface area contributed by atoms with Gasteiger partial charge in [-0.15, -0.1) is 0 Å². The van der Waals surface area contributed by atoms with E-state index in [1.165, 1.54) is 0 Å². The lowest BCUT2D eigenvalue weighted by Gasteiger charge is -2.38. The maximum atomic E-state index is 12.0. The summed E-state index contributed by atoms with van der Waals surface area (Å²) < 4.78 is 5.50. The molecule has 0 saturated carbocycles. The number of nitrogens with two attached hydrogens (primary N) is 1. The van der Waals surface area contributed by atoms with Gasteiger partial charge in [-0.2, -0.15) is 0 Å². The fraction of sp³-hybridized carbons (Fsp3) is 0.588. The second-order valence-electron chi connectivity index (χ2n) is 6.17. The minimum absolute atomic E-state index is 0.0476. The highest BCUT2D eigenvalue weighted by atomic mass is 35.5. The van der Waals surface area contributed by atoms with Gasteiger partial charge in [0.05, 0.1) is 0 Å². The van der Waals surface area contributed by atoms with E-state index >= 15 is 0 Å². The summed E-state index contributed by atoms with van der Waals surface area (Å²) in [6.07, 6.45) is 2.90. The van der Waals surface area contributed by atoms with Crippen LogP contribution < -0.4 is 11.1 Å². The number of benzene rings is 1. The topological polar surface area (TPSA) is 64.4 Å². The fourth-order valence-corrected chi connectivity index (χ4v) is 3.25. The van der Waals surface area contributed by atoms with Crippen molar-refractivity contribution in [3.63, 3.8) is 0 Å². The van der Waals surface area contributed by atoms with E-state index < -0.39 is 0 Å². The average molecular weight is 325 g/mol. The van der Waals surface area contributed by atoms with E-state index in [0.29, 0.717) is 32.6 Å². The van der Waals surface area contributed by atoms with Crippen LogP contribution in [-0.2, 0) is 14.9 Å². The van der Waals surface area contributed by atoms with Gasteiger partial charge in [0.1, 0.15) is 0 Å². The predicted octanol–water partition coefficient (Wildman–Crippen LogP) is 2.63. The number of rotatable bonds is 6. The molecule has 1 heterocycles. The second-order valence-corrected chi connectivity index (χ2v) is 6.57. The number of halogens is 1. The molecule has 4 nitrogen and oxygen atoms in total. The molecule has 1 fully saturated rings. The molecule has 122 valence electrons. The Labute approximate surface area is 137 Å². The van der Waals surface area contributed by atoms with Gasteiger partial charge in [0.15, 0.2) is 0 Å². The number of ether oxygens (including phenoxy) is 1. The quantitative estimate of drug-likeness (QED) is 0.845. The van der Waals surface area contributed by atoms with Crippen molar-refractivity contribution in [2.24, 2.45) is 5.73 Å². The van der Waals surface area contributed by atoms with Crippen LogP contribution in [0.1, 0.15) is 38.2 Å². The number of nitrogens with one attached hydrogen (secondary N) is 1. The zero-order chi connectivity index (χ0) is 16.0. The molecule has 0 aromatic heterocycles. The summed E-state index contributed by atoms with van der Waals surface area (Å²) in [4.78, 5) is 12.0. The van der Waals surface area contributed by atoms with Gasteiger partial charge in [-0.05, 0) is 37.8 Å². The summed E-state index contributed by atoms with van der Waals surface area (Å²) >= 11 is 6.40. The monoisotopic (exact) mass is 324 g/mol. The molecule has 1 aliphatic heterocycles. The molecule has 1 amide bonds. The molecule has 22 heavy (non-hydrogen) atoms. The summed E-state index contributed by atoms with van der Waals surface area (Å²) in [5.41, 5.74) is 6.67. The third kappa shape index (κ3) is 4.45. The van der Waals surface area contributed by atoms with E-state index in [1.807, 2.05) is 25.1 Å². The van der Waals surface area contributed by atoms with Crippen LogP contribution in [0.15, 0.2) is 24.3 Å². The number of hydrogen-bond acceptors (Lipinski definition) is 3. The molecule has 2 rings (SSSR count). The van der Waals surface area contributed by atoms with Crippen molar-refractivity contribution in [1.29, 1.82) is 0 Å². The van der Waals surface area contributed by atoms with Gasteiger partial charge >= 0.3 is 0 Å². The molecule has 1 aliphatic rings. The first-order valence-electron chi connectivity index (χ1n) is 7.88. The van der Waals surface area contributed by atoms with E-state index in [4.69, 9.17) is 22.1 Å². The highest BCUT2D eigenvalue weighted by Crippen LogP contribution is 2.38. The van der Waals surface area contributed by atoms with Crippen LogP contribution >= 0.6 is 11.6 Å². The van der Waals surface area contributed by atoms with Gasteiger partial charge in [-0.1, -0.05) is 29.8 Å². The molecule has 5 heteroatoms. The van der Waals surface area contributed by atoms with E-state index in [-0.39, 0.29) is 17.4 Å². The molecular weight excluding hydrogens is 300 g/mol. The van der Waals surface area contributed by atoms with Crippen molar-refractivity contribution in [2.45, 2.75) is 44.1 Å². The molecular formula is C17H25ClN2O2. The number of amides is 1. The molecule has 1 unspecified atom stereocenters. The van der Waals surface area contributed by atoms with Crippen LogP contribution in [-0.4, -0.2) is 31.7 Å². The second kappa shape index (κ2) is 7.95. The number of carbonyl (C=O) groups is 1.